The van der Waals surface area contributed by atoms with Crippen LogP contribution in [0.25, 0.3) is 0 Å². The molecule has 1 N–H and O–H groups in total. The lowest BCUT2D eigenvalue weighted by Crippen LogP contribution is -2.37. The molecule has 1 aliphatic heterocycles. The summed E-state index contributed by atoms with van der Waals surface area (Å²) >= 11 is 1.63. The van der Waals surface area contributed by atoms with Crippen molar-refractivity contribution < 1.29 is 9.90 Å². The zero-order chi connectivity index (χ0) is 16.6. The minimum Gasteiger partial charge on any atom is -0.390 e. The monoisotopic (exact) mass is 334 g/mol. The van der Waals surface area contributed by atoms with E-state index in [1.807, 2.05) is 30.4 Å². The third kappa shape index (κ3) is 3.03. The van der Waals surface area contributed by atoms with Gasteiger partial charge in [0.15, 0.2) is 0 Å². The number of nitrogens with zero attached hydrogens (tertiary/aromatic N) is 4. The van der Waals surface area contributed by atoms with E-state index in [-0.39, 0.29) is 12.5 Å². The largest absolute Gasteiger partial charge is 0.390 e. The zero-order valence-corrected chi connectivity index (χ0v) is 14.6. The minimum atomic E-state index is -0.0816. The Morgan fingerprint density at radius 3 is 2.74 bits per heavy atom. The first kappa shape index (κ1) is 16.1. The molecule has 124 valence electrons. The third-order valence-corrected chi connectivity index (χ3v) is 5.27. The van der Waals surface area contributed by atoms with Gasteiger partial charge in [-0.3, -0.25) is 9.48 Å². The summed E-state index contributed by atoms with van der Waals surface area (Å²) in [5.41, 5.74) is 3.75. The van der Waals surface area contributed by atoms with E-state index in [0.29, 0.717) is 25.2 Å². The van der Waals surface area contributed by atoms with Crippen LogP contribution in [0, 0.1) is 13.8 Å². The molecule has 7 heteroatoms. The Balaban J connectivity index is 1.77. The Morgan fingerprint density at radius 1 is 1.35 bits per heavy atom. The molecule has 0 bridgehead atoms. The number of aliphatic hydroxyl groups is 1. The van der Waals surface area contributed by atoms with Crippen LogP contribution < -0.4 is 0 Å². The van der Waals surface area contributed by atoms with Gasteiger partial charge in [0.25, 0.3) is 0 Å². The molecule has 0 saturated carbocycles. The van der Waals surface area contributed by atoms with Gasteiger partial charge in [-0.05, 0) is 20.8 Å². The lowest BCUT2D eigenvalue weighted by atomic mass is 10.0. The van der Waals surface area contributed by atoms with Gasteiger partial charge in [0.1, 0.15) is 0 Å². The van der Waals surface area contributed by atoms with E-state index in [9.17, 15) is 9.90 Å². The van der Waals surface area contributed by atoms with E-state index < -0.39 is 0 Å². The second kappa shape index (κ2) is 6.41. The van der Waals surface area contributed by atoms with Crippen LogP contribution in [0.3, 0.4) is 0 Å². The highest BCUT2D eigenvalue weighted by Gasteiger charge is 2.27. The standard InChI is InChI=1S/C16H22N4O2S/c1-4-20-15-5-6-19(8-12(15)14(9-21)18-20)16(22)7-13-10(2)23-11(3)17-13/h21H,4-9H2,1-3H3. The number of aliphatic hydroxyl groups excluding tert-OH is 1. The fourth-order valence-electron chi connectivity index (χ4n) is 3.15. The Hall–Kier alpha value is -1.73. The van der Waals surface area contributed by atoms with Gasteiger partial charge in [0.05, 0.1) is 29.4 Å². The molecule has 0 radical (unpaired) electrons. The smallest absolute Gasteiger partial charge is 0.228 e. The highest BCUT2D eigenvalue weighted by atomic mass is 32.1. The van der Waals surface area contributed by atoms with Crippen molar-refractivity contribution in [3.05, 3.63) is 32.5 Å². The number of hydrogen-bond acceptors (Lipinski definition) is 5. The van der Waals surface area contributed by atoms with Crippen LogP contribution >= 0.6 is 11.3 Å². The molecular weight excluding hydrogens is 312 g/mol. The number of thiazole rings is 1. The molecule has 3 rings (SSSR count). The zero-order valence-electron chi connectivity index (χ0n) is 13.8. The van der Waals surface area contributed by atoms with E-state index in [2.05, 4.69) is 10.1 Å². The normalized spacial score (nSPS) is 14.2. The third-order valence-electron chi connectivity index (χ3n) is 4.34. The summed E-state index contributed by atoms with van der Waals surface area (Å²) in [6.07, 6.45) is 1.14. The first-order valence-corrected chi connectivity index (χ1v) is 8.74. The molecule has 1 amide bonds. The highest BCUT2D eigenvalue weighted by molar-refractivity contribution is 7.11. The van der Waals surface area contributed by atoms with Gasteiger partial charge in [-0.25, -0.2) is 4.98 Å². The summed E-state index contributed by atoms with van der Waals surface area (Å²) in [6, 6.07) is 0. The average molecular weight is 334 g/mol. The predicted molar refractivity (Wildman–Crippen MR) is 88.2 cm³/mol. The molecule has 0 atom stereocenters. The summed E-state index contributed by atoms with van der Waals surface area (Å²) in [7, 11) is 0. The van der Waals surface area contributed by atoms with E-state index in [0.717, 1.165) is 39.8 Å². The van der Waals surface area contributed by atoms with Crippen LogP contribution in [-0.2, 0) is 37.3 Å². The van der Waals surface area contributed by atoms with E-state index in [1.54, 1.807) is 11.3 Å². The molecule has 23 heavy (non-hydrogen) atoms. The number of aryl methyl sites for hydroxylation is 3. The number of amides is 1. The van der Waals surface area contributed by atoms with Crippen LogP contribution in [-0.4, -0.2) is 37.2 Å². The maximum Gasteiger partial charge on any atom is 0.228 e. The van der Waals surface area contributed by atoms with E-state index in [4.69, 9.17) is 0 Å². The molecular formula is C16H22N4O2S. The van der Waals surface area contributed by atoms with Crippen LogP contribution in [0.1, 0.15) is 39.5 Å². The number of carbonyl (C=O) groups excluding carboxylic acids is 1. The molecule has 0 spiro atoms. The number of hydrogen-bond donors (Lipinski definition) is 1. The van der Waals surface area contributed by atoms with Crippen molar-refractivity contribution in [2.45, 2.75) is 53.3 Å². The van der Waals surface area contributed by atoms with Gasteiger partial charge in [0.2, 0.25) is 5.91 Å². The molecule has 3 heterocycles. The SMILES string of the molecule is CCn1nc(CO)c2c1CCN(C(=O)Cc1nc(C)sc1C)C2. The van der Waals surface area contributed by atoms with Crippen molar-refractivity contribution in [3.8, 4) is 0 Å². The molecule has 0 aliphatic carbocycles. The number of rotatable bonds is 4. The molecule has 6 nitrogen and oxygen atoms in total. The summed E-state index contributed by atoms with van der Waals surface area (Å²) in [6.45, 7) is 7.95. The molecule has 2 aromatic rings. The van der Waals surface area contributed by atoms with E-state index in [1.165, 1.54) is 0 Å². The number of carbonyl (C=O) groups is 1. The second-order valence-corrected chi connectivity index (χ2v) is 7.23. The van der Waals surface area contributed by atoms with Gasteiger partial charge >= 0.3 is 0 Å². The molecule has 2 aromatic heterocycles. The van der Waals surface area contributed by atoms with Crippen molar-refractivity contribution in [2.75, 3.05) is 6.54 Å². The Labute approximate surface area is 139 Å². The second-order valence-electron chi connectivity index (χ2n) is 5.82. The Kier molecular flexibility index (Phi) is 4.50. The first-order chi connectivity index (χ1) is 11.0. The molecule has 0 aromatic carbocycles. The van der Waals surface area contributed by atoms with Crippen LogP contribution in [0.15, 0.2) is 0 Å². The summed E-state index contributed by atoms with van der Waals surface area (Å²) in [5.74, 6) is 0.0946. The van der Waals surface area contributed by atoms with Gasteiger partial charge in [-0.15, -0.1) is 11.3 Å². The molecule has 0 unspecified atom stereocenters. The fourth-order valence-corrected chi connectivity index (χ4v) is 3.99. The average Bonchev–Trinajstić information content (AvgIpc) is 3.05. The van der Waals surface area contributed by atoms with Crippen LogP contribution in [0.5, 0.6) is 0 Å². The Bertz CT molecular complexity index is 735. The maximum absolute atomic E-state index is 12.6. The first-order valence-electron chi connectivity index (χ1n) is 7.92. The highest BCUT2D eigenvalue weighted by Crippen LogP contribution is 2.24. The van der Waals surface area contributed by atoms with Crippen LogP contribution in [0.4, 0.5) is 0 Å². The van der Waals surface area contributed by atoms with Crippen molar-refractivity contribution >= 4 is 17.2 Å². The topological polar surface area (TPSA) is 71.2 Å². The summed E-state index contributed by atoms with van der Waals surface area (Å²) < 4.78 is 1.94. The maximum atomic E-state index is 12.6. The fraction of sp³-hybridized carbons (Fsp3) is 0.562. The van der Waals surface area contributed by atoms with Crippen molar-refractivity contribution in [1.29, 1.82) is 0 Å². The molecule has 1 aliphatic rings. The predicted octanol–water partition coefficient (Wildman–Crippen LogP) is 1.60. The van der Waals surface area contributed by atoms with Gasteiger partial charge in [-0.2, -0.15) is 5.10 Å². The lowest BCUT2D eigenvalue weighted by molar-refractivity contribution is -0.131. The van der Waals surface area contributed by atoms with E-state index >= 15 is 0 Å². The van der Waals surface area contributed by atoms with Crippen molar-refractivity contribution in [1.82, 2.24) is 19.7 Å². The lowest BCUT2D eigenvalue weighted by Gasteiger charge is -2.27. The Morgan fingerprint density at radius 2 is 2.13 bits per heavy atom. The quantitative estimate of drug-likeness (QED) is 0.922. The number of aromatic nitrogens is 3. The van der Waals surface area contributed by atoms with Crippen molar-refractivity contribution in [2.24, 2.45) is 0 Å². The van der Waals surface area contributed by atoms with Gasteiger partial charge in [0, 0.05) is 42.2 Å². The molecule has 0 fully saturated rings. The summed E-state index contributed by atoms with van der Waals surface area (Å²) in [5, 5.41) is 15.0. The van der Waals surface area contributed by atoms with Crippen molar-refractivity contribution in [3.63, 3.8) is 0 Å². The van der Waals surface area contributed by atoms with Crippen LogP contribution in [0.2, 0.25) is 0 Å². The minimum absolute atomic E-state index is 0.0816. The van der Waals surface area contributed by atoms with Gasteiger partial charge < -0.3 is 10.0 Å². The number of fused-ring (bicyclic) bond motifs is 1. The molecule has 0 saturated heterocycles. The van der Waals surface area contributed by atoms with Gasteiger partial charge in [-0.1, -0.05) is 0 Å². The summed E-state index contributed by atoms with van der Waals surface area (Å²) in [4.78, 5) is 20.0.